The van der Waals surface area contributed by atoms with Gasteiger partial charge in [0, 0.05) is 24.5 Å². The van der Waals surface area contributed by atoms with E-state index in [1.54, 1.807) is 0 Å². The number of para-hydroxylation sites is 1. The molecule has 0 fully saturated rings. The minimum Gasteiger partial charge on any atom is -0.312 e. The summed E-state index contributed by atoms with van der Waals surface area (Å²) in [6.45, 7) is 2.92. The van der Waals surface area contributed by atoms with E-state index >= 15 is 0 Å². The molecule has 0 aromatic heterocycles. The predicted octanol–water partition coefficient (Wildman–Crippen LogP) is 3.84. The first-order chi connectivity index (χ1) is 8.29. The lowest BCUT2D eigenvalue weighted by atomic mass is 10.2. The fourth-order valence-corrected chi connectivity index (χ4v) is 1.81. The monoisotopic (exact) mass is 253 g/mol. The van der Waals surface area contributed by atoms with Gasteiger partial charge in [0.1, 0.15) is 0 Å². The number of halogens is 1. The van der Waals surface area contributed by atoms with Crippen molar-refractivity contribution in [1.29, 1.82) is 0 Å². The predicted molar refractivity (Wildman–Crippen MR) is 73.7 cm³/mol. The van der Waals surface area contributed by atoms with Crippen molar-refractivity contribution in [2.75, 3.05) is 17.3 Å². The summed E-state index contributed by atoms with van der Waals surface area (Å²) in [6, 6.07) is 9.85. The topological polar surface area (TPSA) is 20.3 Å². The van der Waals surface area contributed by atoms with E-state index in [4.69, 9.17) is 11.6 Å². The number of amides is 1. The number of benzene rings is 1. The molecule has 1 amide bonds. The second-order valence-electron chi connectivity index (χ2n) is 4.03. The molecule has 0 aliphatic heterocycles. The Bertz CT molecular complexity index is 326. The van der Waals surface area contributed by atoms with Crippen molar-refractivity contribution >= 4 is 23.2 Å². The van der Waals surface area contributed by atoms with E-state index in [0.29, 0.717) is 12.3 Å². The van der Waals surface area contributed by atoms with E-state index in [-0.39, 0.29) is 5.91 Å². The zero-order valence-corrected chi connectivity index (χ0v) is 11.1. The number of rotatable bonds is 7. The Morgan fingerprint density at radius 3 is 2.53 bits per heavy atom. The van der Waals surface area contributed by atoms with Crippen LogP contribution in [0.3, 0.4) is 0 Å². The van der Waals surface area contributed by atoms with Gasteiger partial charge in [0.25, 0.3) is 0 Å². The van der Waals surface area contributed by atoms with Crippen LogP contribution in [0.5, 0.6) is 0 Å². The van der Waals surface area contributed by atoms with Gasteiger partial charge in [-0.15, -0.1) is 11.6 Å². The summed E-state index contributed by atoms with van der Waals surface area (Å²) in [7, 11) is 0. The lowest BCUT2D eigenvalue weighted by Crippen LogP contribution is -2.31. The first-order valence-electron chi connectivity index (χ1n) is 6.21. The van der Waals surface area contributed by atoms with Gasteiger partial charge in [-0.1, -0.05) is 31.5 Å². The third-order valence-electron chi connectivity index (χ3n) is 2.63. The SMILES string of the molecule is CCCCN(C(=O)CCCCl)c1ccccc1. The Hall–Kier alpha value is -1.02. The van der Waals surface area contributed by atoms with Crippen LogP contribution in [0.4, 0.5) is 5.69 Å². The quantitative estimate of drug-likeness (QED) is 0.676. The molecule has 1 aromatic rings. The van der Waals surface area contributed by atoms with Gasteiger partial charge in [-0.05, 0) is 25.0 Å². The van der Waals surface area contributed by atoms with E-state index in [1.807, 2.05) is 35.2 Å². The van der Waals surface area contributed by atoms with E-state index in [9.17, 15) is 4.79 Å². The van der Waals surface area contributed by atoms with Crippen LogP contribution in [0.25, 0.3) is 0 Å². The molecule has 94 valence electrons. The van der Waals surface area contributed by atoms with Gasteiger partial charge in [-0.25, -0.2) is 0 Å². The third-order valence-corrected chi connectivity index (χ3v) is 2.90. The highest BCUT2D eigenvalue weighted by Crippen LogP contribution is 2.16. The molecule has 0 atom stereocenters. The second kappa shape index (κ2) is 8.13. The van der Waals surface area contributed by atoms with Gasteiger partial charge in [0.05, 0.1) is 0 Å². The Kier molecular flexibility index (Phi) is 6.71. The van der Waals surface area contributed by atoms with Crippen LogP contribution in [0.15, 0.2) is 30.3 Å². The zero-order valence-electron chi connectivity index (χ0n) is 10.4. The molecule has 0 unspecified atom stereocenters. The van der Waals surface area contributed by atoms with Crippen LogP contribution < -0.4 is 4.90 Å². The van der Waals surface area contributed by atoms with Gasteiger partial charge in [-0.2, -0.15) is 0 Å². The van der Waals surface area contributed by atoms with Crippen LogP contribution in [0.2, 0.25) is 0 Å². The first kappa shape index (κ1) is 14.0. The molecular formula is C14H20ClNO. The van der Waals surface area contributed by atoms with E-state index in [0.717, 1.165) is 31.5 Å². The Balaban J connectivity index is 2.69. The maximum Gasteiger partial charge on any atom is 0.227 e. The van der Waals surface area contributed by atoms with Crippen LogP contribution >= 0.6 is 11.6 Å². The van der Waals surface area contributed by atoms with Gasteiger partial charge >= 0.3 is 0 Å². The van der Waals surface area contributed by atoms with Crippen molar-refractivity contribution < 1.29 is 4.79 Å². The van der Waals surface area contributed by atoms with Gasteiger partial charge < -0.3 is 4.90 Å². The van der Waals surface area contributed by atoms with Crippen molar-refractivity contribution in [2.24, 2.45) is 0 Å². The number of carbonyl (C=O) groups excluding carboxylic acids is 1. The van der Waals surface area contributed by atoms with E-state index in [1.165, 1.54) is 0 Å². The number of unbranched alkanes of at least 4 members (excludes halogenated alkanes) is 1. The number of hydrogen-bond donors (Lipinski definition) is 0. The van der Waals surface area contributed by atoms with Crippen molar-refractivity contribution in [3.63, 3.8) is 0 Å². The average molecular weight is 254 g/mol. The molecule has 0 radical (unpaired) electrons. The van der Waals surface area contributed by atoms with Crippen LogP contribution in [0, 0.1) is 0 Å². The molecule has 0 saturated heterocycles. The minimum atomic E-state index is 0.172. The Morgan fingerprint density at radius 1 is 1.24 bits per heavy atom. The molecule has 0 saturated carbocycles. The molecule has 1 rings (SSSR count). The lowest BCUT2D eigenvalue weighted by Gasteiger charge is -2.22. The van der Waals surface area contributed by atoms with Crippen molar-refractivity contribution in [3.8, 4) is 0 Å². The molecule has 17 heavy (non-hydrogen) atoms. The minimum absolute atomic E-state index is 0.172. The fourth-order valence-electron chi connectivity index (χ4n) is 1.67. The highest BCUT2D eigenvalue weighted by Gasteiger charge is 2.13. The standard InChI is InChI=1S/C14H20ClNO/c1-2-3-12-16(14(17)10-7-11-15)13-8-5-4-6-9-13/h4-6,8-9H,2-3,7,10-12H2,1H3. The second-order valence-corrected chi connectivity index (χ2v) is 4.40. The molecule has 0 aliphatic rings. The molecule has 0 aliphatic carbocycles. The highest BCUT2D eigenvalue weighted by atomic mass is 35.5. The largest absolute Gasteiger partial charge is 0.312 e. The van der Waals surface area contributed by atoms with Crippen molar-refractivity contribution in [2.45, 2.75) is 32.6 Å². The summed E-state index contributed by atoms with van der Waals surface area (Å²) in [5, 5.41) is 0. The molecule has 3 heteroatoms. The van der Waals surface area contributed by atoms with Crippen LogP contribution in [-0.2, 0) is 4.79 Å². The van der Waals surface area contributed by atoms with Crippen LogP contribution in [-0.4, -0.2) is 18.3 Å². The number of nitrogens with zero attached hydrogens (tertiary/aromatic N) is 1. The third kappa shape index (κ3) is 4.78. The Labute approximate surface area is 109 Å². The van der Waals surface area contributed by atoms with Crippen molar-refractivity contribution in [3.05, 3.63) is 30.3 Å². The van der Waals surface area contributed by atoms with E-state index < -0.39 is 0 Å². The maximum atomic E-state index is 12.1. The lowest BCUT2D eigenvalue weighted by molar-refractivity contribution is -0.118. The summed E-state index contributed by atoms with van der Waals surface area (Å²) in [5.74, 6) is 0.715. The maximum absolute atomic E-state index is 12.1. The molecule has 1 aromatic carbocycles. The smallest absolute Gasteiger partial charge is 0.227 e. The number of carbonyl (C=O) groups is 1. The van der Waals surface area contributed by atoms with Gasteiger partial charge in [0.15, 0.2) is 0 Å². The normalized spacial score (nSPS) is 10.2. The van der Waals surface area contributed by atoms with Crippen molar-refractivity contribution in [1.82, 2.24) is 0 Å². The highest BCUT2D eigenvalue weighted by molar-refractivity contribution is 6.18. The molecule has 0 bridgehead atoms. The zero-order chi connectivity index (χ0) is 12.5. The van der Waals surface area contributed by atoms with Gasteiger partial charge in [0.2, 0.25) is 5.91 Å². The summed E-state index contributed by atoms with van der Waals surface area (Å²) in [5.41, 5.74) is 0.987. The fraction of sp³-hybridized carbons (Fsp3) is 0.500. The Morgan fingerprint density at radius 2 is 1.94 bits per heavy atom. The number of hydrogen-bond acceptors (Lipinski definition) is 1. The summed E-state index contributed by atoms with van der Waals surface area (Å²) >= 11 is 5.63. The number of alkyl halides is 1. The summed E-state index contributed by atoms with van der Waals surface area (Å²) in [6.07, 6.45) is 3.39. The summed E-state index contributed by atoms with van der Waals surface area (Å²) in [4.78, 5) is 13.9. The molecule has 2 nitrogen and oxygen atoms in total. The first-order valence-corrected chi connectivity index (χ1v) is 6.74. The van der Waals surface area contributed by atoms with Gasteiger partial charge in [-0.3, -0.25) is 4.79 Å². The van der Waals surface area contributed by atoms with Crippen LogP contribution in [0.1, 0.15) is 32.6 Å². The average Bonchev–Trinajstić information content (AvgIpc) is 2.38. The molecule has 0 N–H and O–H groups in total. The molecule has 0 heterocycles. The van der Waals surface area contributed by atoms with E-state index in [2.05, 4.69) is 6.92 Å². The molecule has 0 spiro atoms. The summed E-state index contributed by atoms with van der Waals surface area (Å²) < 4.78 is 0. The molecular weight excluding hydrogens is 234 g/mol. The number of anilines is 1.